The van der Waals surface area contributed by atoms with Gasteiger partial charge in [0, 0.05) is 0 Å². The van der Waals surface area contributed by atoms with Gasteiger partial charge < -0.3 is 9.84 Å². The first-order chi connectivity index (χ1) is 12.4. The number of rotatable bonds is 4. The zero-order valence-corrected chi connectivity index (χ0v) is 15.1. The van der Waals surface area contributed by atoms with E-state index in [9.17, 15) is 14.7 Å². The van der Waals surface area contributed by atoms with E-state index in [2.05, 4.69) is 5.43 Å². The molecule has 2 aromatic carbocycles. The van der Waals surface area contributed by atoms with Crippen molar-refractivity contribution in [2.24, 2.45) is 0 Å². The molecule has 2 amide bonds. The second kappa shape index (κ2) is 7.27. The summed E-state index contributed by atoms with van der Waals surface area (Å²) in [6.45, 7) is 2.16. The van der Waals surface area contributed by atoms with Gasteiger partial charge in [0.2, 0.25) is 0 Å². The van der Waals surface area contributed by atoms with Crippen molar-refractivity contribution in [3.8, 4) is 11.5 Å². The predicted octanol–water partition coefficient (Wildman–Crippen LogP) is 3.56. The number of phenolic OH excluding ortho intramolecular Hbond substituents is 1. The molecule has 0 saturated carbocycles. The Morgan fingerprint density at radius 3 is 2.62 bits per heavy atom. The molecule has 0 aromatic heterocycles. The van der Waals surface area contributed by atoms with E-state index in [0.29, 0.717) is 22.9 Å². The first-order valence-corrected chi connectivity index (χ1v) is 8.44. The van der Waals surface area contributed by atoms with Gasteiger partial charge in [0.1, 0.15) is 5.57 Å². The fourth-order valence-electron chi connectivity index (χ4n) is 2.42. The Kier molecular flexibility index (Phi) is 5.06. The number of hydrogen-bond acceptors (Lipinski definition) is 4. The highest BCUT2D eigenvalue weighted by Crippen LogP contribution is 2.30. The molecule has 8 heteroatoms. The van der Waals surface area contributed by atoms with Gasteiger partial charge in [-0.1, -0.05) is 29.3 Å². The minimum absolute atomic E-state index is 0.0198. The molecule has 1 aliphatic heterocycles. The third kappa shape index (κ3) is 3.47. The van der Waals surface area contributed by atoms with E-state index in [1.54, 1.807) is 25.1 Å². The van der Waals surface area contributed by atoms with Gasteiger partial charge in [-0.25, -0.2) is 5.01 Å². The van der Waals surface area contributed by atoms with Gasteiger partial charge in [0.05, 0.1) is 22.3 Å². The van der Waals surface area contributed by atoms with Gasteiger partial charge in [-0.15, -0.1) is 0 Å². The number of benzene rings is 2. The van der Waals surface area contributed by atoms with Gasteiger partial charge >= 0.3 is 0 Å². The molecule has 3 rings (SSSR count). The lowest BCUT2D eigenvalue weighted by Crippen LogP contribution is -2.35. The Morgan fingerprint density at radius 2 is 1.92 bits per heavy atom. The molecule has 0 atom stereocenters. The van der Waals surface area contributed by atoms with E-state index in [4.69, 9.17) is 27.9 Å². The molecular formula is C18H14Cl2N2O4. The van der Waals surface area contributed by atoms with Crippen molar-refractivity contribution < 1.29 is 19.4 Å². The summed E-state index contributed by atoms with van der Waals surface area (Å²) in [6, 6.07) is 9.16. The van der Waals surface area contributed by atoms with Crippen LogP contribution in [0.5, 0.6) is 11.5 Å². The third-order valence-electron chi connectivity index (χ3n) is 3.65. The van der Waals surface area contributed by atoms with Gasteiger partial charge in [-0.3, -0.25) is 15.0 Å². The Bertz CT molecular complexity index is 927. The van der Waals surface area contributed by atoms with Crippen molar-refractivity contribution in [3.63, 3.8) is 0 Å². The minimum Gasteiger partial charge on any atom is -0.504 e. The average molecular weight is 393 g/mol. The van der Waals surface area contributed by atoms with E-state index in [-0.39, 0.29) is 22.1 Å². The monoisotopic (exact) mass is 392 g/mol. The Hall–Kier alpha value is -2.70. The number of aromatic hydroxyl groups is 1. The maximum absolute atomic E-state index is 12.6. The number of phenols is 1. The molecule has 6 nitrogen and oxygen atoms in total. The molecular weight excluding hydrogens is 379 g/mol. The Balaban J connectivity index is 1.92. The molecule has 2 N–H and O–H groups in total. The van der Waals surface area contributed by atoms with Gasteiger partial charge in [0.15, 0.2) is 11.5 Å². The number of halogens is 2. The van der Waals surface area contributed by atoms with Crippen LogP contribution in [-0.2, 0) is 9.59 Å². The number of hydrazine groups is 1. The molecule has 1 saturated heterocycles. The zero-order chi connectivity index (χ0) is 18.8. The number of nitrogens with one attached hydrogen (secondary N) is 1. The normalized spacial score (nSPS) is 15.5. The summed E-state index contributed by atoms with van der Waals surface area (Å²) in [5, 5.41) is 11.5. The lowest BCUT2D eigenvalue weighted by Gasteiger charge is -2.15. The number of nitrogens with zero attached hydrogens (tertiary/aromatic N) is 1. The van der Waals surface area contributed by atoms with Crippen LogP contribution in [0.1, 0.15) is 12.5 Å². The van der Waals surface area contributed by atoms with Crippen LogP contribution in [0.25, 0.3) is 6.08 Å². The van der Waals surface area contributed by atoms with Crippen LogP contribution in [0.3, 0.4) is 0 Å². The average Bonchev–Trinajstić information content (AvgIpc) is 2.88. The van der Waals surface area contributed by atoms with Crippen molar-refractivity contribution in [3.05, 3.63) is 57.6 Å². The SMILES string of the molecule is CCOc1cc(C=C2C(=O)NN(c3ccc(Cl)c(Cl)c3)C2=O)ccc1O. The van der Waals surface area contributed by atoms with E-state index in [1.807, 2.05) is 0 Å². The third-order valence-corrected chi connectivity index (χ3v) is 4.39. The summed E-state index contributed by atoms with van der Waals surface area (Å²) in [5.74, 6) is -0.825. The van der Waals surface area contributed by atoms with Crippen LogP contribution in [0.2, 0.25) is 10.0 Å². The number of anilines is 1. The maximum atomic E-state index is 12.6. The largest absolute Gasteiger partial charge is 0.504 e. The molecule has 0 spiro atoms. The first kappa shape index (κ1) is 18.1. The lowest BCUT2D eigenvalue weighted by atomic mass is 10.1. The van der Waals surface area contributed by atoms with Gasteiger partial charge in [-0.2, -0.15) is 0 Å². The van der Waals surface area contributed by atoms with Crippen LogP contribution in [0.4, 0.5) is 5.69 Å². The summed E-state index contributed by atoms with van der Waals surface area (Å²) in [7, 11) is 0. The molecule has 2 aromatic rings. The van der Waals surface area contributed by atoms with Crippen LogP contribution in [0.15, 0.2) is 42.0 Å². The summed E-state index contributed by atoms with van der Waals surface area (Å²) in [4.78, 5) is 24.8. The van der Waals surface area contributed by atoms with Crippen molar-refractivity contribution in [2.45, 2.75) is 6.92 Å². The van der Waals surface area contributed by atoms with Crippen LogP contribution < -0.4 is 15.2 Å². The lowest BCUT2D eigenvalue weighted by molar-refractivity contribution is -0.117. The zero-order valence-electron chi connectivity index (χ0n) is 13.6. The molecule has 134 valence electrons. The van der Waals surface area contributed by atoms with Crippen LogP contribution >= 0.6 is 23.2 Å². The van der Waals surface area contributed by atoms with E-state index in [1.165, 1.54) is 24.3 Å². The summed E-state index contributed by atoms with van der Waals surface area (Å²) < 4.78 is 5.31. The number of carbonyl (C=O) groups excluding carboxylic acids is 2. The van der Waals surface area contributed by atoms with Crippen molar-refractivity contribution >= 4 is 46.8 Å². The highest BCUT2D eigenvalue weighted by Gasteiger charge is 2.34. The number of carbonyl (C=O) groups is 2. The summed E-state index contributed by atoms with van der Waals surface area (Å²) in [6.07, 6.45) is 1.43. The molecule has 0 unspecified atom stereocenters. The highest BCUT2D eigenvalue weighted by molar-refractivity contribution is 6.42. The molecule has 1 aliphatic rings. The maximum Gasteiger partial charge on any atom is 0.282 e. The summed E-state index contributed by atoms with van der Waals surface area (Å²) >= 11 is 11.8. The quantitative estimate of drug-likeness (QED) is 0.615. The van der Waals surface area contributed by atoms with Crippen molar-refractivity contribution in [1.29, 1.82) is 0 Å². The van der Waals surface area contributed by atoms with Crippen LogP contribution in [-0.4, -0.2) is 23.5 Å². The molecule has 26 heavy (non-hydrogen) atoms. The topological polar surface area (TPSA) is 78.9 Å². The molecule has 1 fully saturated rings. The molecule has 0 bridgehead atoms. The predicted molar refractivity (Wildman–Crippen MR) is 99.3 cm³/mol. The van der Waals surface area contributed by atoms with E-state index in [0.717, 1.165) is 5.01 Å². The molecule has 1 heterocycles. The minimum atomic E-state index is -0.549. The summed E-state index contributed by atoms with van der Waals surface area (Å²) in [5.41, 5.74) is 3.36. The standard InChI is InChI=1S/C18H14Cl2N2O4/c1-2-26-16-8-10(3-6-15(16)23)7-12-17(24)21-22(18(12)25)11-4-5-13(19)14(20)9-11/h3-9,23H,2H2,1H3,(H,21,24). The van der Waals surface area contributed by atoms with Crippen molar-refractivity contribution in [1.82, 2.24) is 5.43 Å². The van der Waals surface area contributed by atoms with E-state index < -0.39 is 11.8 Å². The molecule has 0 radical (unpaired) electrons. The highest BCUT2D eigenvalue weighted by atomic mass is 35.5. The smallest absolute Gasteiger partial charge is 0.282 e. The first-order valence-electron chi connectivity index (χ1n) is 7.68. The Morgan fingerprint density at radius 1 is 1.15 bits per heavy atom. The van der Waals surface area contributed by atoms with Crippen LogP contribution in [0, 0.1) is 0 Å². The van der Waals surface area contributed by atoms with Gasteiger partial charge in [-0.05, 0) is 48.9 Å². The molecule has 0 aliphatic carbocycles. The second-order valence-electron chi connectivity index (χ2n) is 5.40. The van der Waals surface area contributed by atoms with Gasteiger partial charge in [0.25, 0.3) is 11.8 Å². The number of hydrogen-bond donors (Lipinski definition) is 2. The fraction of sp³-hybridized carbons (Fsp3) is 0.111. The second-order valence-corrected chi connectivity index (χ2v) is 6.21. The number of amides is 2. The Labute approximate surface area is 159 Å². The van der Waals surface area contributed by atoms with Crippen molar-refractivity contribution in [2.75, 3.05) is 11.6 Å². The van der Waals surface area contributed by atoms with E-state index >= 15 is 0 Å². The number of ether oxygens (including phenoxy) is 1. The fourth-order valence-corrected chi connectivity index (χ4v) is 2.71.